The Labute approximate surface area is 106 Å². The molecule has 0 bridgehead atoms. The molecule has 0 aromatic heterocycles. The Kier molecular flexibility index (Phi) is 6.10. The van der Waals surface area contributed by atoms with Crippen LogP contribution >= 0.6 is 12.2 Å². The molecule has 0 aromatic carbocycles. The SMILES string of the molecule is CCCC1CCC(NC(=S)NC(C)C)CC1. The summed E-state index contributed by atoms with van der Waals surface area (Å²) < 4.78 is 0. The van der Waals surface area contributed by atoms with Gasteiger partial charge in [0.25, 0.3) is 0 Å². The second-order valence-corrected chi connectivity index (χ2v) is 5.69. The topological polar surface area (TPSA) is 24.1 Å². The van der Waals surface area contributed by atoms with Crippen molar-refractivity contribution in [2.45, 2.75) is 71.4 Å². The van der Waals surface area contributed by atoms with Crippen LogP contribution in [0, 0.1) is 5.92 Å². The predicted octanol–water partition coefficient (Wildman–Crippen LogP) is 3.22. The van der Waals surface area contributed by atoms with Crippen molar-refractivity contribution >= 4 is 17.3 Å². The van der Waals surface area contributed by atoms with Gasteiger partial charge in [-0.2, -0.15) is 0 Å². The summed E-state index contributed by atoms with van der Waals surface area (Å²) in [6, 6.07) is 1.03. The normalized spacial score (nSPS) is 25.5. The van der Waals surface area contributed by atoms with E-state index in [4.69, 9.17) is 12.2 Å². The summed E-state index contributed by atoms with van der Waals surface area (Å²) in [6.07, 6.45) is 8.04. The van der Waals surface area contributed by atoms with Gasteiger partial charge in [0.2, 0.25) is 0 Å². The number of hydrogen-bond donors (Lipinski definition) is 2. The quantitative estimate of drug-likeness (QED) is 0.740. The minimum absolute atomic E-state index is 0.427. The van der Waals surface area contributed by atoms with E-state index in [1.807, 2.05) is 0 Å². The molecular weight excluding hydrogens is 216 g/mol. The average molecular weight is 242 g/mol. The molecule has 16 heavy (non-hydrogen) atoms. The highest BCUT2D eigenvalue weighted by atomic mass is 32.1. The van der Waals surface area contributed by atoms with Crippen LogP contribution in [0.2, 0.25) is 0 Å². The van der Waals surface area contributed by atoms with Gasteiger partial charge in [0.05, 0.1) is 0 Å². The Balaban J connectivity index is 2.19. The van der Waals surface area contributed by atoms with Gasteiger partial charge in [-0.1, -0.05) is 19.8 Å². The Morgan fingerprint density at radius 2 is 1.88 bits per heavy atom. The molecule has 0 aromatic rings. The van der Waals surface area contributed by atoms with E-state index in [1.165, 1.54) is 38.5 Å². The van der Waals surface area contributed by atoms with Gasteiger partial charge in [-0.15, -0.1) is 0 Å². The average Bonchev–Trinajstić information content (AvgIpc) is 2.20. The van der Waals surface area contributed by atoms with Crippen LogP contribution in [0.25, 0.3) is 0 Å². The number of hydrogen-bond acceptors (Lipinski definition) is 1. The predicted molar refractivity (Wildman–Crippen MR) is 74.7 cm³/mol. The maximum atomic E-state index is 5.27. The van der Waals surface area contributed by atoms with Crippen LogP contribution in [0.1, 0.15) is 59.3 Å². The minimum atomic E-state index is 0.427. The monoisotopic (exact) mass is 242 g/mol. The Hall–Kier alpha value is -0.310. The molecule has 3 heteroatoms. The lowest BCUT2D eigenvalue weighted by Crippen LogP contribution is -2.45. The Morgan fingerprint density at radius 1 is 1.25 bits per heavy atom. The molecule has 1 aliphatic rings. The summed E-state index contributed by atoms with van der Waals surface area (Å²) in [6.45, 7) is 6.52. The van der Waals surface area contributed by atoms with Gasteiger partial charge in [-0.3, -0.25) is 0 Å². The summed E-state index contributed by atoms with van der Waals surface area (Å²) in [7, 11) is 0. The molecule has 0 spiro atoms. The molecule has 2 N–H and O–H groups in total. The van der Waals surface area contributed by atoms with Gasteiger partial charge in [0.15, 0.2) is 5.11 Å². The van der Waals surface area contributed by atoms with Crippen molar-refractivity contribution < 1.29 is 0 Å². The molecule has 94 valence electrons. The van der Waals surface area contributed by atoms with Crippen LogP contribution < -0.4 is 10.6 Å². The van der Waals surface area contributed by atoms with Crippen LogP contribution in [0.5, 0.6) is 0 Å². The molecule has 0 aliphatic heterocycles. The fourth-order valence-electron chi connectivity index (χ4n) is 2.49. The second kappa shape index (κ2) is 7.10. The molecule has 2 nitrogen and oxygen atoms in total. The third-order valence-corrected chi connectivity index (χ3v) is 3.53. The van der Waals surface area contributed by atoms with Crippen LogP contribution in [-0.4, -0.2) is 17.2 Å². The number of nitrogens with one attached hydrogen (secondary N) is 2. The summed E-state index contributed by atoms with van der Waals surface area (Å²) in [4.78, 5) is 0. The van der Waals surface area contributed by atoms with Gasteiger partial charge in [-0.05, 0) is 57.7 Å². The molecule has 0 heterocycles. The summed E-state index contributed by atoms with van der Waals surface area (Å²) in [5, 5.41) is 7.51. The van der Waals surface area contributed by atoms with Crippen LogP contribution in [0.4, 0.5) is 0 Å². The van der Waals surface area contributed by atoms with Gasteiger partial charge in [0.1, 0.15) is 0 Å². The lowest BCUT2D eigenvalue weighted by atomic mass is 9.83. The third-order valence-electron chi connectivity index (χ3n) is 3.30. The molecule has 1 aliphatic carbocycles. The van der Waals surface area contributed by atoms with E-state index in [9.17, 15) is 0 Å². The number of thiocarbonyl (C=S) groups is 1. The second-order valence-electron chi connectivity index (χ2n) is 5.28. The van der Waals surface area contributed by atoms with E-state index in [2.05, 4.69) is 31.4 Å². The maximum Gasteiger partial charge on any atom is 0.166 e. The van der Waals surface area contributed by atoms with Crippen LogP contribution in [0.15, 0.2) is 0 Å². The first-order valence-corrected chi connectivity index (χ1v) is 7.09. The molecule has 1 saturated carbocycles. The summed E-state index contributed by atoms with van der Waals surface area (Å²) in [5.41, 5.74) is 0. The molecule has 0 radical (unpaired) electrons. The van der Waals surface area contributed by atoms with E-state index in [0.29, 0.717) is 12.1 Å². The number of rotatable bonds is 4. The highest BCUT2D eigenvalue weighted by Gasteiger charge is 2.20. The van der Waals surface area contributed by atoms with Crippen molar-refractivity contribution in [3.05, 3.63) is 0 Å². The maximum absolute atomic E-state index is 5.27. The van der Waals surface area contributed by atoms with Crippen molar-refractivity contribution in [3.63, 3.8) is 0 Å². The smallest absolute Gasteiger partial charge is 0.166 e. The zero-order valence-corrected chi connectivity index (χ0v) is 11.7. The van der Waals surface area contributed by atoms with Crippen molar-refractivity contribution in [3.8, 4) is 0 Å². The molecule has 1 rings (SSSR count). The zero-order chi connectivity index (χ0) is 12.0. The largest absolute Gasteiger partial charge is 0.361 e. The van der Waals surface area contributed by atoms with Crippen LogP contribution in [-0.2, 0) is 0 Å². The first-order chi connectivity index (χ1) is 7.61. The summed E-state index contributed by atoms with van der Waals surface area (Å²) >= 11 is 5.27. The van der Waals surface area contributed by atoms with Crippen molar-refractivity contribution in [2.24, 2.45) is 5.92 Å². The van der Waals surface area contributed by atoms with E-state index in [-0.39, 0.29) is 0 Å². The lowest BCUT2D eigenvalue weighted by Gasteiger charge is -2.30. The van der Waals surface area contributed by atoms with E-state index in [1.54, 1.807) is 0 Å². The molecular formula is C13H26N2S. The molecule has 1 fully saturated rings. The van der Waals surface area contributed by atoms with Gasteiger partial charge < -0.3 is 10.6 Å². The zero-order valence-electron chi connectivity index (χ0n) is 10.9. The highest BCUT2D eigenvalue weighted by molar-refractivity contribution is 7.80. The van der Waals surface area contributed by atoms with E-state index in [0.717, 1.165) is 11.0 Å². The fraction of sp³-hybridized carbons (Fsp3) is 0.923. The van der Waals surface area contributed by atoms with Gasteiger partial charge in [0, 0.05) is 12.1 Å². The molecule has 0 atom stereocenters. The first kappa shape index (κ1) is 13.8. The van der Waals surface area contributed by atoms with E-state index < -0.39 is 0 Å². The highest BCUT2D eigenvalue weighted by Crippen LogP contribution is 2.27. The molecule has 0 amide bonds. The van der Waals surface area contributed by atoms with Crippen molar-refractivity contribution in [1.82, 2.24) is 10.6 Å². The van der Waals surface area contributed by atoms with Crippen molar-refractivity contribution in [2.75, 3.05) is 0 Å². The Morgan fingerprint density at radius 3 is 2.38 bits per heavy atom. The summed E-state index contributed by atoms with van der Waals surface area (Å²) in [5.74, 6) is 0.967. The third kappa shape index (κ3) is 5.15. The van der Waals surface area contributed by atoms with Crippen LogP contribution in [0.3, 0.4) is 0 Å². The minimum Gasteiger partial charge on any atom is -0.361 e. The standard InChI is InChI=1S/C13H26N2S/c1-4-5-11-6-8-12(9-7-11)15-13(16)14-10(2)3/h10-12H,4-9H2,1-3H3,(H2,14,15,16). The molecule has 0 saturated heterocycles. The molecule has 0 unspecified atom stereocenters. The lowest BCUT2D eigenvalue weighted by molar-refractivity contribution is 0.295. The first-order valence-electron chi connectivity index (χ1n) is 6.68. The Bertz CT molecular complexity index is 208. The fourth-order valence-corrected chi connectivity index (χ4v) is 2.90. The van der Waals surface area contributed by atoms with Gasteiger partial charge >= 0.3 is 0 Å². The van der Waals surface area contributed by atoms with E-state index >= 15 is 0 Å². The van der Waals surface area contributed by atoms with Crippen molar-refractivity contribution in [1.29, 1.82) is 0 Å². The van der Waals surface area contributed by atoms with Gasteiger partial charge in [-0.25, -0.2) is 0 Å².